The predicted molar refractivity (Wildman–Crippen MR) is 64.9 cm³/mol. The van der Waals surface area contributed by atoms with Crippen molar-refractivity contribution in [3.05, 3.63) is 38.2 Å². The fraction of sp³-hybridized carbons (Fsp3) is 0.250. The van der Waals surface area contributed by atoms with Crippen LogP contribution in [0.2, 0.25) is 0 Å². The molecule has 98 valence electrons. The monoisotopic (exact) mass is 263 g/mol. The Hall–Kier alpha value is -2.57. The first-order valence-electron chi connectivity index (χ1n) is 5.59. The van der Waals surface area contributed by atoms with Crippen molar-refractivity contribution in [3.63, 3.8) is 0 Å². The molecule has 7 nitrogen and oxygen atoms in total. The summed E-state index contributed by atoms with van der Waals surface area (Å²) in [5.74, 6) is 0.958. The quantitative estimate of drug-likeness (QED) is 0.442. The summed E-state index contributed by atoms with van der Waals surface area (Å²) in [6.45, 7) is 2.33. The average molecular weight is 263 g/mol. The summed E-state index contributed by atoms with van der Waals surface area (Å²) in [5, 5.41) is 11.3. The van der Waals surface area contributed by atoms with Gasteiger partial charge in [-0.3, -0.25) is 10.1 Å². The predicted octanol–water partition coefficient (Wildman–Crippen LogP) is 1.78. The zero-order chi connectivity index (χ0) is 13.6. The van der Waals surface area contributed by atoms with Crippen LogP contribution in [0.3, 0.4) is 0 Å². The molecule has 1 aliphatic rings. The maximum Gasteiger partial charge on any atom is 0.415 e. The number of hydrogen-bond acceptors (Lipinski definition) is 6. The van der Waals surface area contributed by atoms with Crippen LogP contribution in [0, 0.1) is 17.0 Å². The largest absolute Gasteiger partial charge is 0.486 e. The highest BCUT2D eigenvalue weighted by atomic mass is 16.6. The molecule has 2 aromatic rings. The zero-order valence-corrected chi connectivity index (χ0v) is 9.97. The lowest BCUT2D eigenvalue weighted by molar-refractivity contribution is -0.387. The van der Waals surface area contributed by atoms with Gasteiger partial charge >= 0.3 is 11.3 Å². The first-order valence-corrected chi connectivity index (χ1v) is 5.59. The number of ether oxygens (including phenoxy) is 2. The highest BCUT2D eigenvalue weighted by molar-refractivity contribution is 5.86. The van der Waals surface area contributed by atoms with E-state index in [-0.39, 0.29) is 11.1 Å². The fourth-order valence-corrected chi connectivity index (χ4v) is 2.09. The maximum atomic E-state index is 11.6. The summed E-state index contributed by atoms with van der Waals surface area (Å²) in [6.07, 6.45) is 0. The van der Waals surface area contributed by atoms with Crippen LogP contribution in [0.15, 0.2) is 21.3 Å². The van der Waals surface area contributed by atoms with Gasteiger partial charge in [-0.15, -0.1) is 0 Å². The summed E-state index contributed by atoms with van der Waals surface area (Å²) in [7, 11) is 0. The second kappa shape index (κ2) is 3.98. The van der Waals surface area contributed by atoms with Gasteiger partial charge in [-0.25, -0.2) is 4.79 Å². The molecule has 1 aromatic carbocycles. The van der Waals surface area contributed by atoms with Gasteiger partial charge in [0.2, 0.25) is 0 Å². The van der Waals surface area contributed by atoms with Crippen molar-refractivity contribution in [2.75, 3.05) is 13.2 Å². The van der Waals surface area contributed by atoms with Gasteiger partial charge in [-0.05, 0) is 13.0 Å². The second-order valence-electron chi connectivity index (χ2n) is 4.11. The molecular weight excluding hydrogens is 254 g/mol. The molecule has 0 N–H and O–H groups in total. The van der Waals surface area contributed by atoms with E-state index in [4.69, 9.17) is 13.9 Å². The van der Waals surface area contributed by atoms with Crippen molar-refractivity contribution in [3.8, 4) is 11.5 Å². The minimum Gasteiger partial charge on any atom is -0.486 e. The summed E-state index contributed by atoms with van der Waals surface area (Å²) in [4.78, 5) is 21.7. The Kier molecular flexibility index (Phi) is 2.41. The topological polar surface area (TPSA) is 91.8 Å². The number of benzene rings is 1. The van der Waals surface area contributed by atoms with E-state index < -0.39 is 16.2 Å². The number of aryl methyl sites for hydroxylation is 1. The molecule has 0 saturated heterocycles. The molecule has 1 aromatic heterocycles. The third-order valence-corrected chi connectivity index (χ3v) is 2.98. The van der Waals surface area contributed by atoms with Crippen LogP contribution in [0.5, 0.6) is 11.5 Å². The lowest BCUT2D eigenvalue weighted by Crippen LogP contribution is -2.15. The van der Waals surface area contributed by atoms with E-state index >= 15 is 0 Å². The summed E-state index contributed by atoms with van der Waals surface area (Å²) < 4.78 is 15.7. The van der Waals surface area contributed by atoms with Crippen LogP contribution in [-0.4, -0.2) is 18.1 Å². The van der Waals surface area contributed by atoms with E-state index in [0.29, 0.717) is 30.1 Å². The van der Waals surface area contributed by atoms with E-state index in [1.54, 1.807) is 6.07 Å². The van der Waals surface area contributed by atoms with Gasteiger partial charge in [-0.1, -0.05) is 0 Å². The van der Waals surface area contributed by atoms with Gasteiger partial charge in [0, 0.05) is 17.0 Å². The molecular formula is C12H9NO6. The highest BCUT2D eigenvalue weighted by Crippen LogP contribution is 2.36. The molecule has 0 radical (unpaired) electrons. The van der Waals surface area contributed by atoms with Crippen LogP contribution in [0.1, 0.15) is 5.56 Å². The van der Waals surface area contributed by atoms with Crippen LogP contribution in [-0.2, 0) is 0 Å². The van der Waals surface area contributed by atoms with Crippen LogP contribution in [0.4, 0.5) is 5.69 Å². The Balaban J connectivity index is 2.37. The molecule has 2 heterocycles. The van der Waals surface area contributed by atoms with Crippen LogP contribution >= 0.6 is 0 Å². The SMILES string of the molecule is Cc1c([N+](=O)[O-])c(=O)oc2cc3c(cc12)OCCO3. The van der Waals surface area contributed by atoms with Gasteiger partial charge in [-0.2, -0.15) is 0 Å². The Morgan fingerprint density at radius 2 is 1.84 bits per heavy atom. The normalized spacial score (nSPS) is 13.5. The molecule has 0 bridgehead atoms. The number of hydrogen-bond donors (Lipinski definition) is 0. The first-order chi connectivity index (χ1) is 9.08. The van der Waals surface area contributed by atoms with Gasteiger partial charge in [0.1, 0.15) is 18.8 Å². The number of rotatable bonds is 1. The van der Waals surface area contributed by atoms with Crippen molar-refractivity contribution in [1.29, 1.82) is 0 Å². The minimum absolute atomic E-state index is 0.248. The molecule has 19 heavy (non-hydrogen) atoms. The molecule has 1 aliphatic heterocycles. The average Bonchev–Trinajstić information content (AvgIpc) is 2.36. The highest BCUT2D eigenvalue weighted by Gasteiger charge is 2.23. The molecule has 0 aliphatic carbocycles. The first kappa shape index (κ1) is 11.5. The Labute approximate surface area is 106 Å². The molecule has 3 rings (SSSR count). The van der Waals surface area contributed by atoms with E-state index in [2.05, 4.69) is 0 Å². The second-order valence-corrected chi connectivity index (χ2v) is 4.11. The molecule has 7 heteroatoms. The van der Waals surface area contributed by atoms with Gasteiger partial charge < -0.3 is 13.9 Å². The van der Waals surface area contributed by atoms with Crippen LogP contribution < -0.4 is 15.1 Å². The molecule has 0 spiro atoms. The molecule has 0 fully saturated rings. The smallest absolute Gasteiger partial charge is 0.415 e. The molecule has 0 saturated carbocycles. The fourth-order valence-electron chi connectivity index (χ4n) is 2.09. The van der Waals surface area contributed by atoms with Crippen LogP contribution in [0.25, 0.3) is 11.0 Å². The lowest BCUT2D eigenvalue weighted by Gasteiger charge is -2.18. The summed E-state index contributed by atoms with van der Waals surface area (Å²) in [6, 6.07) is 3.11. The Morgan fingerprint density at radius 3 is 2.47 bits per heavy atom. The van der Waals surface area contributed by atoms with E-state index in [9.17, 15) is 14.9 Å². The molecule has 0 atom stereocenters. The molecule has 0 unspecified atom stereocenters. The van der Waals surface area contributed by atoms with Gasteiger partial charge in [0.05, 0.1) is 4.92 Å². The van der Waals surface area contributed by atoms with Crippen molar-refractivity contribution in [2.45, 2.75) is 6.92 Å². The Bertz CT molecular complexity index is 748. The number of nitro groups is 1. The van der Waals surface area contributed by atoms with Crippen molar-refractivity contribution in [2.24, 2.45) is 0 Å². The van der Waals surface area contributed by atoms with E-state index in [1.807, 2.05) is 0 Å². The number of nitrogens with zero attached hydrogens (tertiary/aromatic N) is 1. The molecule has 0 amide bonds. The third-order valence-electron chi connectivity index (χ3n) is 2.98. The van der Waals surface area contributed by atoms with E-state index in [0.717, 1.165) is 0 Å². The van der Waals surface area contributed by atoms with E-state index in [1.165, 1.54) is 13.0 Å². The minimum atomic E-state index is -0.966. The van der Waals surface area contributed by atoms with Gasteiger partial charge in [0.15, 0.2) is 11.5 Å². The number of fused-ring (bicyclic) bond motifs is 2. The standard InChI is InChI=1S/C12H9NO6/c1-6-7-4-9-10(18-3-2-17-9)5-8(7)19-12(14)11(6)13(15)16/h4-5H,2-3H2,1H3. The Morgan fingerprint density at radius 1 is 1.21 bits per heavy atom. The van der Waals surface area contributed by atoms with Gasteiger partial charge in [0.25, 0.3) is 0 Å². The lowest BCUT2D eigenvalue weighted by atomic mass is 10.1. The van der Waals surface area contributed by atoms with Crippen molar-refractivity contribution >= 4 is 16.7 Å². The summed E-state index contributed by atoms with van der Waals surface area (Å²) in [5.41, 5.74) is -1.01. The third kappa shape index (κ3) is 1.70. The zero-order valence-electron chi connectivity index (χ0n) is 9.97. The van der Waals surface area contributed by atoms with Crippen molar-refractivity contribution < 1.29 is 18.8 Å². The maximum absolute atomic E-state index is 11.6. The summed E-state index contributed by atoms with van der Waals surface area (Å²) >= 11 is 0. The van der Waals surface area contributed by atoms with Crippen molar-refractivity contribution in [1.82, 2.24) is 0 Å².